The Kier molecular flexibility index (Phi) is 6.24. The molecule has 0 saturated heterocycles. The summed E-state index contributed by atoms with van der Waals surface area (Å²) in [4.78, 5) is 11.5. The summed E-state index contributed by atoms with van der Waals surface area (Å²) < 4.78 is 23.5. The van der Waals surface area contributed by atoms with E-state index in [4.69, 9.17) is 9.47 Å². The smallest absolute Gasteiger partial charge is 0.250 e. The summed E-state index contributed by atoms with van der Waals surface area (Å²) in [5.41, 5.74) is 1.21. The molecule has 4 nitrogen and oxygen atoms in total. The molecule has 100 valence electrons. The van der Waals surface area contributed by atoms with Gasteiger partial charge < -0.3 is 14.8 Å². The lowest BCUT2D eigenvalue weighted by atomic mass is 10.2. The molecule has 1 aromatic rings. The van der Waals surface area contributed by atoms with Crippen molar-refractivity contribution in [3.63, 3.8) is 0 Å². The highest BCUT2D eigenvalue weighted by Crippen LogP contribution is 2.23. The molecule has 18 heavy (non-hydrogen) atoms. The van der Waals surface area contributed by atoms with Crippen LogP contribution < -0.4 is 5.32 Å². The molecule has 0 aromatic heterocycles. The number of hydrogen-bond donors (Lipinski definition) is 1. The van der Waals surface area contributed by atoms with Crippen LogP contribution in [0, 0.1) is 12.7 Å². The maximum Gasteiger partial charge on any atom is 0.250 e. The van der Waals surface area contributed by atoms with Crippen molar-refractivity contribution in [2.75, 3.05) is 32.2 Å². The Morgan fingerprint density at radius 3 is 2.83 bits per heavy atom. The molecule has 0 bridgehead atoms. The number of nitrogens with one attached hydrogen (secondary N) is 1. The van der Waals surface area contributed by atoms with Crippen LogP contribution in [0.2, 0.25) is 0 Å². The van der Waals surface area contributed by atoms with Crippen molar-refractivity contribution in [3.8, 4) is 0 Å². The number of rotatable bonds is 6. The van der Waals surface area contributed by atoms with Gasteiger partial charge in [0.05, 0.1) is 17.7 Å². The third kappa shape index (κ3) is 4.72. The fraction of sp³-hybridized carbons (Fsp3) is 0.417. The number of anilines is 1. The standard InChI is InChI=1S/C12H15BrFNO3/c1-8-5-9(13)10(14)6-11(8)15-12(16)7-18-4-3-17-2/h5-6H,3-4,7H2,1-2H3,(H,15,16). The molecule has 0 aliphatic carbocycles. The highest BCUT2D eigenvalue weighted by atomic mass is 79.9. The lowest BCUT2D eigenvalue weighted by molar-refractivity contribution is -0.121. The zero-order chi connectivity index (χ0) is 13.5. The lowest BCUT2D eigenvalue weighted by Gasteiger charge is -2.09. The topological polar surface area (TPSA) is 47.6 Å². The van der Waals surface area contributed by atoms with Crippen LogP contribution in [0.4, 0.5) is 10.1 Å². The first kappa shape index (κ1) is 15.1. The first-order chi connectivity index (χ1) is 8.54. The SMILES string of the molecule is COCCOCC(=O)Nc1cc(F)c(Br)cc1C. The summed E-state index contributed by atoms with van der Waals surface area (Å²) >= 11 is 3.08. The van der Waals surface area contributed by atoms with Crippen molar-refractivity contribution < 1.29 is 18.7 Å². The minimum Gasteiger partial charge on any atom is -0.382 e. The molecule has 1 N–H and O–H groups in total. The van der Waals surface area contributed by atoms with Crippen LogP contribution >= 0.6 is 15.9 Å². The van der Waals surface area contributed by atoms with Gasteiger partial charge in [-0.15, -0.1) is 0 Å². The Labute approximate surface area is 114 Å². The van der Waals surface area contributed by atoms with Gasteiger partial charge in [0.2, 0.25) is 5.91 Å². The number of carbonyl (C=O) groups excluding carboxylic acids is 1. The molecule has 1 aromatic carbocycles. The van der Waals surface area contributed by atoms with E-state index in [-0.39, 0.29) is 12.5 Å². The maximum absolute atomic E-state index is 13.3. The Balaban J connectivity index is 2.51. The van der Waals surface area contributed by atoms with E-state index in [2.05, 4.69) is 21.2 Å². The molecule has 1 amide bonds. The van der Waals surface area contributed by atoms with E-state index in [1.807, 2.05) is 0 Å². The van der Waals surface area contributed by atoms with Crippen molar-refractivity contribution in [1.29, 1.82) is 0 Å². The quantitative estimate of drug-likeness (QED) is 0.819. The molecule has 0 unspecified atom stereocenters. The summed E-state index contributed by atoms with van der Waals surface area (Å²) in [5.74, 6) is -0.743. The van der Waals surface area contributed by atoms with Gasteiger partial charge in [-0.1, -0.05) is 0 Å². The number of amides is 1. The number of halogens is 2. The Hall–Kier alpha value is -0.980. The number of benzene rings is 1. The molecule has 6 heteroatoms. The molecule has 1 rings (SSSR count). The van der Waals surface area contributed by atoms with Gasteiger partial charge in [0, 0.05) is 12.8 Å². The van der Waals surface area contributed by atoms with E-state index in [0.717, 1.165) is 5.56 Å². The second-order valence-corrected chi connectivity index (χ2v) is 4.53. The van der Waals surface area contributed by atoms with Crippen LogP contribution in [0.5, 0.6) is 0 Å². The minimum absolute atomic E-state index is 0.0829. The van der Waals surface area contributed by atoms with E-state index in [1.165, 1.54) is 6.07 Å². The largest absolute Gasteiger partial charge is 0.382 e. The Morgan fingerprint density at radius 1 is 1.44 bits per heavy atom. The summed E-state index contributed by atoms with van der Waals surface area (Å²) in [6.07, 6.45) is 0. The van der Waals surface area contributed by atoms with Crippen LogP contribution in [0.3, 0.4) is 0 Å². The molecular formula is C12H15BrFNO3. The van der Waals surface area contributed by atoms with Crippen LogP contribution in [-0.4, -0.2) is 32.8 Å². The van der Waals surface area contributed by atoms with Gasteiger partial charge in [0.1, 0.15) is 12.4 Å². The number of aryl methyl sites for hydroxylation is 1. The van der Waals surface area contributed by atoms with E-state index in [0.29, 0.717) is 23.4 Å². The minimum atomic E-state index is -0.420. The van der Waals surface area contributed by atoms with Crippen LogP contribution in [0.25, 0.3) is 0 Å². The van der Waals surface area contributed by atoms with Gasteiger partial charge in [-0.3, -0.25) is 4.79 Å². The normalized spacial score (nSPS) is 10.4. The molecule has 0 aliphatic heterocycles. The third-order valence-corrected chi connectivity index (χ3v) is 2.81. The highest BCUT2D eigenvalue weighted by Gasteiger charge is 2.08. The van der Waals surface area contributed by atoms with Gasteiger partial charge in [-0.25, -0.2) is 4.39 Å². The van der Waals surface area contributed by atoms with Gasteiger partial charge in [0.15, 0.2) is 0 Å². The predicted molar refractivity (Wildman–Crippen MR) is 70.2 cm³/mol. The van der Waals surface area contributed by atoms with Crippen molar-refractivity contribution in [3.05, 3.63) is 28.0 Å². The molecular weight excluding hydrogens is 305 g/mol. The second-order valence-electron chi connectivity index (χ2n) is 3.67. The Bertz CT molecular complexity index is 426. The van der Waals surface area contributed by atoms with Crippen molar-refractivity contribution in [2.24, 2.45) is 0 Å². The van der Waals surface area contributed by atoms with Gasteiger partial charge in [-0.2, -0.15) is 0 Å². The van der Waals surface area contributed by atoms with Crippen molar-refractivity contribution in [2.45, 2.75) is 6.92 Å². The molecule has 0 spiro atoms. The molecule has 0 saturated carbocycles. The lowest BCUT2D eigenvalue weighted by Crippen LogP contribution is -2.20. The number of hydrogen-bond acceptors (Lipinski definition) is 3. The molecule has 0 aliphatic rings. The summed E-state index contributed by atoms with van der Waals surface area (Å²) in [7, 11) is 1.55. The van der Waals surface area contributed by atoms with Crippen LogP contribution in [0.15, 0.2) is 16.6 Å². The summed E-state index contributed by atoms with van der Waals surface area (Å²) in [6, 6.07) is 2.88. The van der Waals surface area contributed by atoms with Gasteiger partial charge in [-0.05, 0) is 40.5 Å². The van der Waals surface area contributed by atoms with E-state index < -0.39 is 5.82 Å². The van der Waals surface area contributed by atoms with Crippen LogP contribution in [0.1, 0.15) is 5.56 Å². The zero-order valence-corrected chi connectivity index (χ0v) is 11.8. The van der Waals surface area contributed by atoms with E-state index in [1.54, 1.807) is 20.1 Å². The fourth-order valence-electron chi connectivity index (χ4n) is 1.27. The summed E-state index contributed by atoms with van der Waals surface area (Å²) in [6.45, 7) is 2.48. The first-order valence-corrected chi connectivity index (χ1v) is 6.16. The third-order valence-electron chi connectivity index (χ3n) is 2.21. The second kappa shape index (κ2) is 7.45. The van der Waals surface area contributed by atoms with Crippen molar-refractivity contribution >= 4 is 27.5 Å². The molecule has 0 radical (unpaired) electrons. The number of methoxy groups -OCH3 is 1. The number of ether oxygens (including phenoxy) is 2. The van der Waals surface area contributed by atoms with Crippen LogP contribution in [-0.2, 0) is 14.3 Å². The molecule has 0 fully saturated rings. The van der Waals surface area contributed by atoms with Gasteiger partial charge in [0.25, 0.3) is 0 Å². The average Bonchev–Trinajstić information content (AvgIpc) is 2.32. The zero-order valence-electron chi connectivity index (χ0n) is 10.3. The maximum atomic E-state index is 13.3. The average molecular weight is 320 g/mol. The fourth-order valence-corrected chi connectivity index (χ4v) is 1.73. The predicted octanol–water partition coefficient (Wildman–Crippen LogP) is 2.50. The molecule has 0 heterocycles. The van der Waals surface area contributed by atoms with Gasteiger partial charge >= 0.3 is 0 Å². The van der Waals surface area contributed by atoms with Crippen molar-refractivity contribution in [1.82, 2.24) is 0 Å². The van der Waals surface area contributed by atoms with E-state index in [9.17, 15) is 9.18 Å². The first-order valence-electron chi connectivity index (χ1n) is 5.36. The Morgan fingerprint density at radius 2 is 2.17 bits per heavy atom. The number of carbonyl (C=O) groups is 1. The summed E-state index contributed by atoms with van der Waals surface area (Å²) in [5, 5.41) is 2.59. The highest BCUT2D eigenvalue weighted by molar-refractivity contribution is 9.10. The monoisotopic (exact) mass is 319 g/mol. The molecule has 0 atom stereocenters. The van der Waals surface area contributed by atoms with E-state index >= 15 is 0 Å².